The molecule has 1 heterocycles. The number of amides is 1. The second-order valence-corrected chi connectivity index (χ2v) is 4.48. The molecule has 2 rings (SSSR count). The number of nitrogens with zero attached hydrogens (tertiary/aromatic N) is 1. The van der Waals surface area contributed by atoms with Crippen LogP contribution in [0.5, 0.6) is 5.75 Å². The van der Waals surface area contributed by atoms with Gasteiger partial charge in [-0.1, -0.05) is 0 Å². The van der Waals surface area contributed by atoms with Gasteiger partial charge in [0.1, 0.15) is 5.75 Å². The third kappa shape index (κ3) is 2.73. The SMILES string of the molecule is CC(C)OCCN1C(=O)COc2cc(N)ccc21. The highest BCUT2D eigenvalue weighted by atomic mass is 16.5. The Morgan fingerprint density at radius 2 is 2.28 bits per heavy atom. The van der Waals surface area contributed by atoms with E-state index in [0.29, 0.717) is 24.6 Å². The summed E-state index contributed by atoms with van der Waals surface area (Å²) in [6.45, 7) is 5.02. The summed E-state index contributed by atoms with van der Waals surface area (Å²) in [4.78, 5) is 13.5. The van der Waals surface area contributed by atoms with E-state index in [4.69, 9.17) is 15.2 Å². The Morgan fingerprint density at radius 1 is 1.50 bits per heavy atom. The van der Waals surface area contributed by atoms with Crippen LogP contribution >= 0.6 is 0 Å². The first kappa shape index (κ1) is 12.7. The molecule has 0 bridgehead atoms. The number of hydrogen-bond acceptors (Lipinski definition) is 4. The second kappa shape index (κ2) is 5.27. The summed E-state index contributed by atoms with van der Waals surface area (Å²) in [6, 6.07) is 5.30. The van der Waals surface area contributed by atoms with Crippen LogP contribution in [0, 0.1) is 0 Å². The van der Waals surface area contributed by atoms with E-state index in [-0.39, 0.29) is 18.6 Å². The Hall–Kier alpha value is -1.75. The molecular weight excluding hydrogens is 232 g/mol. The van der Waals surface area contributed by atoms with Crippen LogP contribution in [0.25, 0.3) is 0 Å². The van der Waals surface area contributed by atoms with Gasteiger partial charge in [0.25, 0.3) is 5.91 Å². The molecule has 0 fully saturated rings. The summed E-state index contributed by atoms with van der Waals surface area (Å²) >= 11 is 0. The molecule has 0 aliphatic carbocycles. The third-order valence-electron chi connectivity index (χ3n) is 2.69. The summed E-state index contributed by atoms with van der Waals surface area (Å²) in [7, 11) is 0. The van der Waals surface area contributed by atoms with Crippen molar-refractivity contribution in [1.82, 2.24) is 0 Å². The number of fused-ring (bicyclic) bond motifs is 1. The molecule has 1 aromatic carbocycles. The maximum atomic E-state index is 11.8. The van der Waals surface area contributed by atoms with Crippen LogP contribution in [0.2, 0.25) is 0 Å². The van der Waals surface area contributed by atoms with Crippen molar-refractivity contribution >= 4 is 17.3 Å². The lowest BCUT2D eigenvalue weighted by molar-refractivity contribution is -0.121. The highest BCUT2D eigenvalue weighted by Crippen LogP contribution is 2.33. The zero-order valence-electron chi connectivity index (χ0n) is 10.7. The van der Waals surface area contributed by atoms with Crippen LogP contribution < -0.4 is 15.4 Å². The molecule has 0 atom stereocenters. The Bertz CT molecular complexity index is 446. The minimum atomic E-state index is -0.0559. The minimum absolute atomic E-state index is 0.0537. The van der Waals surface area contributed by atoms with E-state index in [2.05, 4.69) is 0 Å². The van der Waals surface area contributed by atoms with Gasteiger partial charge in [-0.15, -0.1) is 0 Å². The van der Waals surface area contributed by atoms with Crippen LogP contribution in [-0.2, 0) is 9.53 Å². The van der Waals surface area contributed by atoms with Crippen molar-refractivity contribution in [2.45, 2.75) is 20.0 Å². The van der Waals surface area contributed by atoms with Gasteiger partial charge in [0.15, 0.2) is 6.61 Å². The number of ether oxygens (including phenoxy) is 2. The van der Waals surface area contributed by atoms with E-state index in [9.17, 15) is 4.79 Å². The molecule has 1 aliphatic heterocycles. The Balaban J connectivity index is 2.12. The fourth-order valence-electron chi connectivity index (χ4n) is 1.85. The van der Waals surface area contributed by atoms with Crippen molar-refractivity contribution < 1.29 is 14.3 Å². The Morgan fingerprint density at radius 3 is 3.00 bits per heavy atom. The van der Waals surface area contributed by atoms with E-state index in [1.54, 1.807) is 23.1 Å². The number of carbonyl (C=O) groups excluding carboxylic acids is 1. The first-order valence-electron chi connectivity index (χ1n) is 6.02. The van der Waals surface area contributed by atoms with E-state index >= 15 is 0 Å². The molecule has 0 saturated carbocycles. The normalized spacial score (nSPS) is 14.6. The van der Waals surface area contributed by atoms with Gasteiger partial charge in [0.2, 0.25) is 0 Å². The molecule has 98 valence electrons. The Kier molecular flexibility index (Phi) is 3.72. The monoisotopic (exact) mass is 250 g/mol. The van der Waals surface area contributed by atoms with Gasteiger partial charge in [-0.2, -0.15) is 0 Å². The molecule has 2 N–H and O–H groups in total. The van der Waals surface area contributed by atoms with E-state index in [0.717, 1.165) is 5.69 Å². The van der Waals surface area contributed by atoms with Crippen molar-refractivity contribution in [1.29, 1.82) is 0 Å². The van der Waals surface area contributed by atoms with Crippen LogP contribution in [0.1, 0.15) is 13.8 Å². The predicted octanol–water partition coefficient (Wildman–Crippen LogP) is 1.42. The number of anilines is 2. The highest BCUT2D eigenvalue weighted by molar-refractivity contribution is 5.98. The van der Waals surface area contributed by atoms with E-state index < -0.39 is 0 Å². The fourth-order valence-corrected chi connectivity index (χ4v) is 1.85. The average molecular weight is 250 g/mol. The van der Waals surface area contributed by atoms with Crippen molar-refractivity contribution in [3.05, 3.63) is 18.2 Å². The van der Waals surface area contributed by atoms with Gasteiger partial charge in [-0.3, -0.25) is 4.79 Å². The molecule has 5 heteroatoms. The molecule has 0 aromatic heterocycles. The van der Waals surface area contributed by atoms with Crippen LogP contribution in [-0.4, -0.2) is 31.8 Å². The second-order valence-electron chi connectivity index (χ2n) is 4.48. The third-order valence-corrected chi connectivity index (χ3v) is 2.69. The highest BCUT2D eigenvalue weighted by Gasteiger charge is 2.25. The summed E-state index contributed by atoms with van der Waals surface area (Å²) in [6.07, 6.45) is 0.159. The van der Waals surface area contributed by atoms with Gasteiger partial charge in [0.05, 0.1) is 18.4 Å². The first-order valence-corrected chi connectivity index (χ1v) is 6.02. The summed E-state index contributed by atoms with van der Waals surface area (Å²) in [5, 5.41) is 0. The van der Waals surface area contributed by atoms with Crippen molar-refractivity contribution in [3.8, 4) is 5.75 Å². The number of benzene rings is 1. The summed E-state index contributed by atoms with van der Waals surface area (Å²) < 4.78 is 10.8. The molecular formula is C13H18N2O3. The molecule has 1 aromatic rings. The molecule has 0 unspecified atom stereocenters. The first-order chi connectivity index (χ1) is 8.58. The zero-order chi connectivity index (χ0) is 13.1. The topological polar surface area (TPSA) is 64.8 Å². The molecule has 0 spiro atoms. The van der Waals surface area contributed by atoms with Crippen molar-refractivity contribution in [2.75, 3.05) is 30.4 Å². The fraction of sp³-hybridized carbons (Fsp3) is 0.462. The van der Waals surface area contributed by atoms with E-state index in [1.165, 1.54) is 0 Å². The lowest BCUT2D eigenvalue weighted by atomic mass is 10.2. The Labute approximate surface area is 106 Å². The quantitative estimate of drug-likeness (QED) is 0.821. The van der Waals surface area contributed by atoms with Gasteiger partial charge in [-0.05, 0) is 26.0 Å². The molecule has 5 nitrogen and oxygen atoms in total. The summed E-state index contributed by atoms with van der Waals surface area (Å²) in [5.41, 5.74) is 7.08. The van der Waals surface area contributed by atoms with Crippen LogP contribution in [0.3, 0.4) is 0 Å². The smallest absolute Gasteiger partial charge is 0.265 e. The van der Waals surface area contributed by atoms with Crippen molar-refractivity contribution in [2.24, 2.45) is 0 Å². The standard InChI is InChI=1S/C13H18N2O3/c1-9(2)17-6-5-15-11-4-3-10(14)7-12(11)18-8-13(15)16/h3-4,7,9H,5-6,8,14H2,1-2H3. The van der Waals surface area contributed by atoms with Crippen LogP contribution in [0.4, 0.5) is 11.4 Å². The van der Waals surface area contributed by atoms with Crippen LogP contribution in [0.15, 0.2) is 18.2 Å². The number of carbonyl (C=O) groups is 1. The summed E-state index contributed by atoms with van der Waals surface area (Å²) in [5.74, 6) is 0.596. The van der Waals surface area contributed by atoms with Gasteiger partial charge in [-0.25, -0.2) is 0 Å². The zero-order valence-corrected chi connectivity index (χ0v) is 10.7. The maximum Gasteiger partial charge on any atom is 0.265 e. The number of nitrogens with two attached hydrogens (primary N) is 1. The molecule has 1 aliphatic rings. The van der Waals surface area contributed by atoms with Gasteiger partial charge >= 0.3 is 0 Å². The molecule has 0 saturated heterocycles. The lowest BCUT2D eigenvalue weighted by Gasteiger charge is -2.29. The van der Waals surface area contributed by atoms with Gasteiger partial charge in [0, 0.05) is 18.3 Å². The number of rotatable bonds is 4. The predicted molar refractivity (Wildman–Crippen MR) is 69.8 cm³/mol. The lowest BCUT2D eigenvalue weighted by Crippen LogP contribution is -2.41. The molecule has 1 amide bonds. The van der Waals surface area contributed by atoms with Crippen molar-refractivity contribution in [3.63, 3.8) is 0 Å². The molecule has 18 heavy (non-hydrogen) atoms. The molecule has 0 radical (unpaired) electrons. The minimum Gasteiger partial charge on any atom is -0.481 e. The largest absolute Gasteiger partial charge is 0.481 e. The average Bonchev–Trinajstić information content (AvgIpc) is 2.31. The van der Waals surface area contributed by atoms with E-state index in [1.807, 2.05) is 13.8 Å². The maximum absolute atomic E-state index is 11.8. The number of hydrogen-bond donors (Lipinski definition) is 1. The number of nitrogen functional groups attached to an aromatic ring is 1. The van der Waals surface area contributed by atoms with Gasteiger partial charge < -0.3 is 20.1 Å².